The van der Waals surface area contributed by atoms with E-state index in [1.165, 1.54) is 23.1 Å². The Balaban J connectivity index is 2.26. The van der Waals surface area contributed by atoms with E-state index in [0.717, 1.165) is 17.9 Å². The van der Waals surface area contributed by atoms with Crippen molar-refractivity contribution in [1.29, 1.82) is 0 Å². The molecule has 0 saturated carbocycles. The van der Waals surface area contributed by atoms with Crippen molar-refractivity contribution in [2.75, 3.05) is 11.9 Å². The number of aryl methyl sites for hydroxylation is 1. The lowest BCUT2D eigenvalue weighted by atomic mass is 10.3. The third-order valence-corrected chi connectivity index (χ3v) is 3.45. The van der Waals surface area contributed by atoms with Crippen LogP contribution in [0.1, 0.15) is 25.3 Å². The summed E-state index contributed by atoms with van der Waals surface area (Å²) in [4.78, 5) is 8.57. The molecule has 3 nitrogen and oxygen atoms in total. The summed E-state index contributed by atoms with van der Waals surface area (Å²) in [6, 6.07) is 0. The topological polar surface area (TPSA) is 37.8 Å². The normalized spacial score (nSPS) is 10.8. The van der Waals surface area contributed by atoms with E-state index in [4.69, 9.17) is 0 Å². The molecule has 0 aliphatic heterocycles. The van der Waals surface area contributed by atoms with E-state index in [9.17, 15) is 0 Å². The van der Waals surface area contributed by atoms with Gasteiger partial charge in [0, 0.05) is 6.54 Å². The maximum atomic E-state index is 4.29. The molecule has 0 unspecified atom stereocenters. The van der Waals surface area contributed by atoms with Crippen LogP contribution in [0.4, 0.5) is 5.82 Å². The minimum Gasteiger partial charge on any atom is -0.369 e. The number of aromatic nitrogens is 2. The molecule has 4 heteroatoms. The van der Waals surface area contributed by atoms with Crippen LogP contribution in [0.5, 0.6) is 0 Å². The molecule has 15 heavy (non-hydrogen) atoms. The first-order valence-corrected chi connectivity index (χ1v) is 6.13. The van der Waals surface area contributed by atoms with Crippen LogP contribution in [0.15, 0.2) is 11.7 Å². The highest BCUT2D eigenvalue weighted by Crippen LogP contribution is 2.28. The first kappa shape index (κ1) is 10.4. The average molecular weight is 221 g/mol. The largest absolute Gasteiger partial charge is 0.369 e. The van der Waals surface area contributed by atoms with Gasteiger partial charge < -0.3 is 5.32 Å². The minimum absolute atomic E-state index is 0.978. The SMILES string of the molecule is CCCCNc1ncnc2c(C)csc12. The Hall–Kier alpha value is -1.16. The second-order valence-electron chi connectivity index (χ2n) is 3.60. The number of anilines is 1. The highest BCUT2D eigenvalue weighted by Gasteiger charge is 2.06. The van der Waals surface area contributed by atoms with Gasteiger partial charge in [0.15, 0.2) is 0 Å². The van der Waals surface area contributed by atoms with Crippen molar-refractivity contribution in [2.45, 2.75) is 26.7 Å². The van der Waals surface area contributed by atoms with E-state index in [1.807, 2.05) is 0 Å². The molecule has 2 heterocycles. The van der Waals surface area contributed by atoms with Crippen molar-refractivity contribution in [3.63, 3.8) is 0 Å². The molecule has 0 fully saturated rings. The van der Waals surface area contributed by atoms with Gasteiger partial charge >= 0.3 is 0 Å². The van der Waals surface area contributed by atoms with E-state index in [0.29, 0.717) is 0 Å². The zero-order valence-electron chi connectivity index (χ0n) is 9.08. The summed E-state index contributed by atoms with van der Waals surface area (Å²) in [5.74, 6) is 0.978. The first-order chi connectivity index (χ1) is 7.33. The second kappa shape index (κ2) is 4.57. The fraction of sp³-hybridized carbons (Fsp3) is 0.455. The smallest absolute Gasteiger partial charge is 0.147 e. The van der Waals surface area contributed by atoms with Crippen LogP contribution >= 0.6 is 11.3 Å². The minimum atomic E-state index is 0.978. The van der Waals surface area contributed by atoms with Gasteiger partial charge in [-0.2, -0.15) is 0 Å². The number of nitrogens with one attached hydrogen (secondary N) is 1. The van der Waals surface area contributed by atoms with Crippen LogP contribution in [0.3, 0.4) is 0 Å². The molecular formula is C11H15N3S. The highest BCUT2D eigenvalue weighted by atomic mass is 32.1. The van der Waals surface area contributed by atoms with E-state index >= 15 is 0 Å². The second-order valence-corrected chi connectivity index (χ2v) is 4.48. The van der Waals surface area contributed by atoms with Crippen molar-refractivity contribution < 1.29 is 0 Å². The van der Waals surface area contributed by atoms with Gasteiger partial charge in [0.25, 0.3) is 0 Å². The third-order valence-electron chi connectivity index (χ3n) is 2.35. The summed E-state index contributed by atoms with van der Waals surface area (Å²) in [7, 11) is 0. The molecule has 0 atom stereocenters. The Kier molecular flexibility index (Phi) is 3.16. The lowest BCUT2D eigenvalue weighted by molar-refractivity contribution is 0.832. The first-order valence-electron chi connectivity index (χ1n) is 5.25. The van der Waals surface area contributed by atoms with Gasteiger partial charge in [0.1, 0.15) is 12.1 Å². The monoisotopic (exact) mass is 221 g/mol. The number of unbranched alkanes of at least 4 members (excludes halogenated alkanes) is 1. The zero-order chi connectivity index (χ0) is 10.7. The van der Waals surface area contributed by atoms with Gasteiger partial charge in [-0.25, -0.2) is 9.97 Å². The average Bonchev–Trinajstić information content (AvgIpc) is 2.62. The standard InChI is InChI=1S/C11H15N3S/c1-3-4-5-12-11-10-9(13-7-14-11)8(2)6-15-10/h6-7H,3-5H2,1-2H3,(H,12,13,14). The summed E-state index contributed by atoms with van der Waals surface area (Å²) in [6.07, 6.45) is 4.01. The molecule has 0 amide bonds. The third kappa shape index (κ3) is 2.09. The summed E-state index contributed by atoms with van der Waals surface area (Å²) < 4.78 is 1.17. The molecule has 80 valence electrons. The lowest BCUT2D eigenvalue weighted by Crippen LogP contribution is -2.03. The molecule has 2 aromatic heterocycles. The van der Waals surface area contributed by atoms with E-state index in [2.05, 4.69) is 34.5 Å². The number of thiophene rings is 1. The zero-order valence-corrected chi connectivity index (χ0v) is 9.90. The number of fused-ring (bicyclic) bond motifs is 1. The number of rotatable bonds is 4. The fourth-order valence-corrected chi connectivity index (χ4v) is 2.45. The Morgan fingerprint density at radius 3 is 3.07 bits per heavy atom. The van der Waals surface area contributed by atoms with Gasteiger partial charge in [-0.15, -0.1) is 11.3 Å². The Morgan fingerprint density at radius 2 is 2.27 bits per heavy atom. The maximum absolute atomic E-state index is 4.29. The maximum Gasteiger partial charge on any atom is 0.147 e. The molecule has 0 saturated heterocycles. The van der Waals surface area contributed by atoms with Crippen LogP contribution in [0.2, 0.25) is 0 Å². The number of nitrogens with zero attached hydrogens (tertiary/aromatic N) is 2. The van der Waals surface area contributed by atoms with Gasteiger partial charge in [0.2, 0.25) is 0 Å². The van der Waals surface area contributed by atoms with E-state index in [1.54, 1.807) is 17.7 Å². The Labute approximate surface area is 93.6 Å². The van der Waals surface area contributed by atoms with Gasteiger partial charge in [-0.05, 0) is 24.3 Å². The number of hydrogen-bond donors (Lipinski definition) is 1. The molecule has 0 bridgehead atoms. The molecule has 0 aromatic carbocycles. The summed E-state index contributed by atoms with van der Waals surface area (Å²) in [6.45, 7) is 5.26. The molecule has 1 N–H and O–H groups in total. The molecule has 2 aromatic rings. The fourth-order valence-electron chi connectivity index (χ4n) is 1.48. The molecule has 0 radical (unpaired) electrons. The van der Waals surface area contributed by atoms with Crippen LogP contribution < -0.4 is 5.32 Å². The van der Waals surface area contributed by atoms with Crippen LogP contribution in [0.25, 0.3) is 10.2 Å². The Bertz CT molecular complexity index is 450. The van der Waals surface area contributed by atoms with Crippen molar-refractivity contribution in [2.24, 2.45) is 0 Å². The van der Waals surface area contributed by atoms with Gasteiger partial charge in [0.05, 0.1) is 10.2 Å². The summed E-state index contributed by atoms with van der Waals surface area (Å²) >= 11 is 1.71. The molecule has 0 aliphatic carbocycles. The van der Waals surface area contributed by atoms with Crippen molar-refractivity contribution in [3.05, 3.63) is 17.3 Å². The van der Waals surface area contributed by atoms with E-state index in [-0.39, 0.29) is 0 Å². The van der Waals surface area contributed by atoms with E-state index < -0.39 is 0 Å². The van der Waals surface area contributed by atoms with Gasteiger partial charge in [-0.3, -0.25) is 0 Å². The summed E-state index contributed by atoms with van der Waals surface area (Å²) in [5, 5.41) is 5.49. The van der Waals surface area contributed by atoms with Crippen LogP contribution in [-0.4, -0.2) is 16.5 Å². The van der Waals surface area contributed by atoms with Crippen molar-refractivity contribution in [1.82, 2.24) is 9.97 Å². The van der Waals surface area contributed by atoms with Crippen LogP contribution in [-0.2, 0) is 0 Å². The highest BCUT2D eigenvalue weighted by molar-refractivity contribution is 7.18. The van der Waals surface area contributed by atoms with Crippen molar-refractivity contribution >= 4 is 27.4 Å². The number of hydrogen-bond acceptors (Lipinski definition) is 4. The molecular weight excluding hydrogens is 206 g/mol. The Morgan fingerprint density at radius 1 is 1.40 bits per heavy atom. The van der Waals surface area contributed by atoms with Crippen molar-refractivity contribution in [3.8, 4) is 0 Å². The molecule has 0 spiro atoms. The predicted octanol–water partition coefficient (Wildman–Crippen LogP) is 3.21. The quantitative estimate of drug-likeness (QED) is 0.806. The lowest BCUT2D eigenvalue weighted by Gasteiger charge is -2.04. The van der Waals surface area contributed by atoms with Gasteiger partial charge in [-0.1, -0.05) is 13.3 Å². The predicted molar refractivity (Wildman–Crippen MR) is 65.5 cm³/mol. The molecule has 0 aliphatic rings. The van der Waals surface area contributed by atoms with Crippen LogP contribution in [0, 0.1) is 6.92 Å². The summed E-state index contributed by atoms with van der Waals surface area (Å²) in [5.41, 5.74) is 2.31. The molecule has 2 rings (SSSR count).